The molecule has 5 heteroatoms. The Balaban J connectivity index is 2.46. The maximum Gasteiger partial charge on any atom is 0.268 e. The van der Waals surface area contributed by atoms with Crippen LogP contribution in [0.3, 0.4) is 0 Å². The van der Waals surface area contributed by atoms with Crippen LogP contribution in [0.1, 0.15) is 16.1 Å². The van der Waals surface area contributed by atoms with E-state index in [9.17, 15) is 4.79 Å². The van der Waals surface area contributed by atoms with Crippen LogP contribution in [0.15, 0.2) is 32.8 Å². The fourth-order valence-corrected chi connectivity index (χ4v) is 3.02. The smallest absolute Gasteiger partial charge is 0.268 e. The Morgan fingerprint density at radius 2 is 2.18 bits per heavy atom. The monoisotopic (exact) mass is 308 g/mol. The third-order valence-electron chi connectivity index (χ3n) is 2.46. The van der Waals surface area contributed by atoms with Crippen LogP contribution in [0.5, 0.6) is 0 Å². The van der Waals surface area contributed by atoms with Gasteiger partial charge in [0, 0.05) is 10.6 Å². The van der Waals surface area contributed by atoms with Crippen molar-refractivity contribution in [3.63, 3.8) is 0 Å². The number of halogens is 1. The molecule has 2 aromatic heterocycles. The predicted octanol–water partition coefficient (Wildman–Crippen LogP) is 2.90. The Bertz CT molecular complexity index is 651. The second kappa shape index (κ2) is 4.86. The largest absolute Gasteiger partial charge is 0.307 e. The van der Waals surface area contributed by atoms with Crippen molar-refractivity contribution in [1.82, 2.24) is 4.57 Å². The zero-order valence-corrected chi connectivity index (χ0v) is 11.5. The quantitative estimate of drug-likeness (QED) is 0.856. The second-order valence-electron chi connectivity index (χ2n) is 3.60. The van der Waals surface area contributed by atoms with Crippen molar-refractivity contribution in [3.8, 4) is 6.07 Å². The Morgan fingerprint density at radius 1 is 1.41 bits per heavy atom. The lowest BCUT2D eigenvalue weighted by atomic mass is 10.2. The molecule has 0 aliphatic carbocycles. The first kappa shape index (κ1) is 12.1. The normalized spacial score (nSPS) is 10.2. The van der Waals surface area contributed by atoms with Gasteiger partial charge >= 0.3 is 0 Å². The maximum atomic E-state index is 12.0. The number of thiophene rings is 1. The van der Waals surface area contributed by atoms with Gasteiger partial charge in [0.1, 0.15) is 11.6 Å². The molecule has 0 N–H and O–H groups in total. The van der Waals surface area contributed by atoms with Gasteiger partial charge in [-0.15, -0.1) is 11.3 Å². The number of aromatic nitrogens is 1. The molecule has 2 rings (SSSR count). The van der Waals surface area contributed by atoms with Gasteiger partial charge in [0.15, 0.2) is 0 Å². The molecule has 0 saturated carbocycles. The topological polar surface area (TPSA) is 45.8 Å². The van der Waals surface area contributed by atoms with E-state index in [-0.39, 0.29) is 11.1 Å². The zero-order valence-electron chi connectivity index (χ0n) is 9.11. The van der Waals surface area contributed by atoms with Crippen LogP contribution in [0, 0.1) is 18.3 Å². The number of hydrogen-bond donors (Lipinski definition) is 0. The minimum absolute atomic E-state index is 0.186. The van der Waals surface area contributed by atoms with Crippen molar-refractivity contribution < 1.29 is 0 Å². The van der Waals surface area contributed by atoms with E-state index in [2.05, 4.69) is 15.9 Å². The highest BCUT2D eigenvalue weighted by atomic mass is 79.9. The summed E-state index contributed by atoms with van der Waals surface area (Å²) in [7, 11) is 0. The molecule has 0 radical (unpaired) electrons. The number of nitriles is 1. The van der Waals surface area contributed by atoms with E-state index in [1.54, 1.807) is 28.0 Å². The van der Waals surface area contributed by atoms with Gasteiger partial charge in [-0.3, -0.25) is 4.79 Å². The molecule has 0 atom stereocenters. The Kier molecular flexibility index (Phi) is 3.46. The lowest BCUT2D eigenvalue weighted by Gasteiger charge is -2.08. The minimum atomic E-state index is -0.225. The third-order valence-corrected chi connectivity index (χ3v) is 4.06. The van der Waals surface area contributed by atoms with Crippen LogP contribution in [0.4, 0.5) is 0 Å². The first-order valence-electron chi connectivity index (χ1n) is 4.96. The minimum Gasteiger partial charge on any atom is -0.307 e. The van der Waals surface area contributed by atoms with E-state index in [1.807, 2.05) is 25.1 Å². The molecule has 0 aromatic carbocycles. The summed E-state index contributed by atoms with van der Waals surface area (Å²) in [4.78, 5) is 13.0. The summed E-state index contributed by atoms with van der Waals surface area (Å²) in [5, 5.41) is 8.84. The number of rotatable bonds is 2. The SMILES string of the molecule is Cc1ccc(C#N)c(=O)n1Cc1ccc(Br)s1. The summed E-state index contributed by atoms with van der Waals surface area (Å²) < 4.78 is 2.66. The average Bonchev–Trinajstić information content (AvgIpc) is 2.70. The van der Waals surface area contributed by atoms with Crippen molar-refractivity contribution in [2.24, 2.45) is 0 Å². The molecule has 0 unspecified atom stereocenters. The van der Waals surface area contributed by atoms with Crippen LogP contribution in [-0.4, -0.2) is 4.57 Å². The summed E-state index contributed by atoms with van der Waals surface area (Å²) in [6.45, 7) is 2.38. The lowest BCUT2D eigenvalue weighted by molar-refractivity contribution is 0.736. The molecule has 17 heavy (non-hydrogen) atoms. The molecule has 3 nitrogen and oxygen atoms in total. The summed E-state index contributed by atoms with van der Waals surface area (Å²) in [6.07, 6.45) is 0. The molecule has 0 bridgehead atoms. The highest BCUT2D eigenvalue weighted by Crippen LogP contribution is 2.22. The van der Waals surface area contributed by atoms with E-state index >= 15 is 0 Å². The third kappa shape index (κ3) is 2.48. The molecule has 86 valence electrons. The summed E-state index contributed by atoms with van der Waals surface area (Å²) in [5.74, 6) is 0. The van der Waals surface area contributed by atoms with Crippen molar-refractivity contribution in [2.75, 3.05) is 0 Å². The van der Waals surface area contributed by atoms with E-state index in [0.29, 0.717) is 6.54 Å². The van der Waals surface area contributed by atoms with Gasteiger partial charge in [-0.2, -0.15) is 5.26 Å². The predicted molar refractivity (Wildman–Crippen MR) is 71.3 cm³/mol. The number of aryl methyl sites for hydroxylation is 1. The van der Waals surface area contributed by atoms with Gasteiger partial charge in [-0.05, 0) is 47.1 Å². The van der Waals surface area contributed by atoms with Crippen LogP contribution >= 0.6 is 27.3 Å². The molecule has 0 spiro atoms. The van der Waals surface area contributed by atoms with Crippen molar-refractivity contribution >= 4 is 27.3 Å². The molecule has 0 saturated heterocycles. The molecule has 2 heterocycles. The molecule has 0 amide bonds. The van der Waals surface area contributed by atoms with Crippen LogP contribution < -0.4 is 5.56 Å². The van der Waals surface area contributed by atoms with Gasteiger partial charge in [0.05, 0.1) is 10.3 Å². The fourth-order valence-electron chi connectivity index (χ4n) is 1.54. The average molecular weight is 309 g/mol. The Labute approximate surface area is 111 Å². The van der Waals surface area contributed by atoms with E-state index < -0.39 is 0 Å². The first-order chi connectivity index (χ1) is 8.11. The van der Waals surface area contributed by atoms with Crippen molar-refractivity contribution in [2.45, 2.75) is 13.5 Å². The first-order valence-corrected chi connectivity index (χ1v) is 6.57. The molecule has 0 fully saturated rings. The molecule has 2 aromatic rings. The highest BCUT2D eigenvalue weighted by Gasteiger charge is 2.07. The molecule has 0 aliphatic rings. The van der Waals surface area contributed by atoms with E-state index in [0.717, 1.165) is 14.4 Å². The number of hydrogen-bond acceptors (Lipinski definition) is 3. The molecular formula is C12H9BrN2OS. The maximum absolute atomic E-state index is 12.0. The van der Waals surface area contributed by atoms with Gasteiger partial charge in [-0.25, -0.2) is 0 Å². The molecular weight excluding hydrogens is 300 g/mol. The lowest BCUT2D eigenvalue weighted by Crippen LogP contribution is -2.24. The Hall–Kier alpha value is -1.38. The summed E-state index contributed by atoms with van der Waals surface area (Å²) in [6, 6.07) is 9.20. The fraction of sp³-hybridized carbons (Fsp3) is 0.167. The van der Waals surface area contributed by atoms with Crippen LogP contribution in [0.2, 0.25) is 0 Å². The number of nitrogens with zero attached hydrogens (tertiary/aromatic N) is 2. The zero-order chi connectivity index (χ0) is 12.4. The standard InChI is InChI=1S/C12H9BrN2OS/c1-8-2-3-9(6-14)12(16)15(8)7-10-4-5-11(13)17-10/h2-5H,7H2,1H3. The van der Waals surface area contributed by atoms with Gasteiger partial charge in [-0.1, -0.05) is 0 Å². The second-order valence-corrected chi connectivity index (χ2v) is 6.14. The van der Waals surface area contributed by atoms with Gasteiger partial charge in [0.25, 0.3) is 5.56 Å². The van der Waals surface area contributed by atoms with E-state index in [4.69, 9.17) is 5.26 Å². The van der Waals surface area contributed by atoms with Gasteiger partial charge in [0.2, 0.25) is 0 Å². The summed E-state index contributed by atoms with van der Waals surface area (Å²) in [5.41, 5.74) is 0.821. The van der Waals surface area contributed by atoms with E-state index in [1.165, 1.54) is 0 Å². The number of pyridine rings is 1. The van der Waals surface area contributed by atoms with Gasteiger partial charge < -0.3 is 4.57 Å². The van der Waals surface area contributed by atoms with Crippen molar-refractivity contribution in [3.05, 3.63) is 54.5 Å². The Morgan fingerprint density at radius 3 is 2.76 bits per heavy atom. The molecule has 0 aliphatic heterocycles. The summed E-state index contributed by atoms with van der Waals surface area (Å²) >= 11 is 4.98. The van der Waals surface area contributed by atoms with Crippen molar-refractivity contribution in [1.29, 1.82) is 5.26 Å². The highest BCUT2D eigenvalue weighted by molar-refractivity contribution is 9.11. The van der Waals surface area contributed by atoms with Crippen LogP contribution in [0.25, 0.3) is 0 Å². The van der Waals surface area contributed by atoms with Crippen LogP contribution in [-0.2, 0) is 6.54 Å².